The molecule has 2 rings (SSSR count). The zero-order valence-electron chi connectivity index (χ0n) is 10.2. The number of hydrogen-bond acceptors (Lipinski definition) is 2. The summed E-state index contributed by atoms with van der Waals surface area (Å²) in [6.07, 6.45) is 5.96. The lowest BCUT2D eigenvalue weighted by molar-refractivity contribution is -0.126. The highest BCUT2D eigenvalue weighted by molar-refractivity contribution is 5.92. The summed E-state index contributed by atoms with van der Waals surface area (Å²) in [5.41, 5.74) is 1.02. The van der Waals surface area contributed by atoms with Crippen LogP contribution in [0.4, 0.5) is 0 Å². The van der Waals surface area contributed by atoms with Crippen LogP contribution in [0.2, 0.25) is 0 Å². The molecule has 1 aliphatic carbocycles. The van der Waals surface area contributed by atoms with E-state index in [1.165, 1.54) is 0 Å². The van der Waals surface area contributed by atoms with Crippen molar-refractivity contribution in [2.45, 2.75) is 25.3 Å². The molecule has 18 heavy (non-hydrogen) atoms. The van der Waals surface area contributed by atoms with Crippen molar-refractivity contribution in [2.75, 3.05) is 6.54 Å². The maximum Gasteiger partial charge on any atom is 0.246 e. The Morgan fingerprint density at radius 1 is 1.39 bits per heavy atom. The highest BCUT2D eigenvalue weighted by atomic mass is 16.2. The molecule has 0 saturated heterocycles. The summed E-state index contributed by atoms with van der Waals surface area (Å²) >= 11 is 0. The molecule has 3 heteroatoms. The second-order valence-corrected chi connectivity index (χ2v) is 4.41. The summed E-state index contributed by atoms with van der Waals surface area (Å²) in [7, 11) is 0. The molecule has 0 radical (unpaired) electrons. The molecule has 1 aliphatic rings. The molecule has 0 bridgehead atoms. The fraction of sp³-hybridized carbons (Fsp3) is 0.333. The van der Waals surface area contributed by atoms with Gasteiger partial charge in [0.15, 0.2) is 0 Å². The van der Waals surface area contributed by atoms with E-state index < -0.39 is 0 Å². The van der Waals surface area contributed by atoms with E-state index in [0.717, 1.165) is 18.4 Å². The van der Waals surface area contributed by atoms with Gasteiger partial charge >= 0.3 is 0 Å². The van der Waals surface area contributed by atoms with Crippen molar-refractivity contribution < 1.29 is 4.79 Å². The first-order chi connectivity index (χ1) is 8.81. The van der Waals surface area contributed by atoms with Crippen LogP contribution < -0.4 is 0 Å². The van der Waals surface area contributed by atoms with Crippen molar-refractivity contribution in [1.82, 2.24) is 4.90 Å². The lowest BCUT2D eigenvalue weighted by Crippen LogP contribution is -2.32. The van der Waals surface area contributed by atoms with Gasteiger partial charge in [-0.15, -0.1) is 0 Å². The predicted molar refractivity (Wildman–Crippen MR) is 70.4 cm³/mol. The third kappa shape index (κ3) is 3.46. The molecule has 3 nitrogen and oxygen atoms in total. The van der Waals surface area contributed by atoms with Crippen LogP contribution in [0.15, 0.2) is 36.4 Å². The number of amides is 1. The minimum atomic E-state index is 0.0107. The van der Waals surface area contributed by atoms with E-state index in [9.17, 15) is 4.79 Å². The van der Waals surface area contributed by atoms with Gasteiger partial charge < -0.3 is 4.90 Å². The molecule has 1 fully saturated rings. The van der Waals surface area contributed by atoms with Crippen LogP contribution in [0.1, 0.15) is 24.8 Å². The molecular weight excluding hydrogens is 224 g/mol. The molecule has 1 amide bonds. The maximum atomic E-state index is 12.0. The third-order valence-corrected chi connectivity index (χ3v) is 2.95. The Hall–Kier alpha value is -2.08. The van der Waals surface area contributed by atoms with Crippen molar-refractivity contribution in [3.8, 4) is 6.07 Å². The lowest BCUT2D eigenvalue weighted by Gasteiger charge is -2.19. The summed E-state index contributed by atoms with van der Waals surface area (Å²) in [5.74, 6) is 0.0107. The van der Waals surface area contributed by atoms with Gasteiger partial charge in [-0.05, 0) is 24.5 Å². The van der Waals surface area contributed by atoms with Crippen LogP contribution in [0.3, 0.4) is 0 Å². The van der Waals surface area contributed by atoms with Crippen molar-refractivity contribution in [3.05, 3.63) is 42.0 Å². The normalized spacial score (nSPS) is 14.4. The van der Waals surface area contributed by atoms with Crippen molar-refractivity contribution in [2.24, 2.45) is 0 Å². The third-order valence-electron chi connectivity index (χ3n) is 2.95. The summed E-state index contributed by atoms with van der Waals surface area (Å²) in [4.78, 5) is 13.8. The van der Waals surface area contributed by atoms with Crippen LogP contribution in [-0.2, 0) is 4.79 Å². The smallest absolute Gasteiger partial charge is 0.246 e. The van der Waals surface area contributed by atoms with E-state index in [0.29, 0.717) is 19.0 Å². The maximum absolute atomic E-state index is 12.0. The minimum absolute atomic E-state index is 0.0107. The number of hydrogen-bond donors (Lipinski definition) is 0. The zero-order chi connectivity index (χ0) is 12.8. The molecule has 1 aromatic rings. The quantitative estimate of drug-likeness (QED) is 0.742. The average Bonchev–Trinajstić information content (AvgIpc) is 3.22. The topological polar surface area (TPSA) is 44.1 Å². The van der Waals surface area contributed by atoms with Crippen LogP contribution in [0.25, 0.3) is 6.08 Å². The second-order valence-electron chi connectivity index (χ2n) is 4.41. The van der Waals surface area contributed by atoms with Gasteiger partial charge in [-0.2, -0.15) is 5.26 Å². The Morgan fingerprint density at radius 2 is 2.11 bits per heavy atom. The van der Waals surface area contributed by atoms with Gasteiger partial charge in [-0.3, -0.25) is 4.79 Å². The predicted octanol–water partition coefficient (Wildman–Crippen LogP) is 2.60. The second kappa shape index (κ2) is 6.02. The van der Waals surface area contributed by atoms with E-state index >= 15 is 0 Å². The Kier molecular flexibility index (Phi) is 4.14. The van der Waals surface area contributed by atoms with Crippen LogP contribution in [0, 0.1) is 11.3 Å². The monoisotopic (exact) mass is 240 g/mol. The molecule has 0 spiro atoms. The highest BCUT2D eigenvalue weighted by Crippen LogP contribution is 2.27. The first kappa shape index (κ1) is 12.4. The number of rotatable bonds is 5. The molecule has 0 N–H and O–H groups in total. The summed E-state index contributed by atoms with van der Waals surface area (Å²) < 4.78 is 0. The minimum Gasteiger partial charge on any atom is -0.335 e. The van der Waals surface area contributed by atoms with Crippen molar-refractivity contribution in [1.29, 1.82) is 5.26 Å². The number of benzene rings is 1. The fourth-order valence-corrected chi connectivity index (χ4v) is 1.86. The molecule has 0 atom stereocenters. The van der Waals surface area contributed by atoms with Gasteiger partial charge in [0.05, 0.1) is 12.5 Å². The SMILES string of the molecule is N#CCCN(C(=O)C=Cc1ccccc1)C1CC1. The molecule has 0 unspecified atom stereocenters. The van der Waals surface area contributed by atoms with Gasteiger partial charge in [0.2, 0.25) is 5.91 Å². The van der Waals surface area contributed by atoms with Gasteiger partial charge in [0.1, 0.15) is 0 Å². The van der Waals surface area contributed by atoms with E-state index in [1.807, 2.05) is 41.3 Å². The molecule has 1 aromatic carbocycles. The van der Waals surface area contributed by atoms with Crippen LogP contribution in [0.5, 0.6) is 0 Å². The highest BCUT2D eigenvalue weighted by Gasteiger charge is 2.30. The first-order valence-electron chi connectivity index (χ1n) is 6.22. The Balaban J connectivity index is 1.97. The Bertz CT molecular complexity index is 469. The number of carbonyl (C=O) groups is 1. The van der Waals surface area contributed by atoms with Crippen molar-refractivity contribution in [3.63, 3.8) is 0 Å². The van der Waals surface area contributed by atoms with E-state index in [1.54, 1.807) is 6.08 Å². The molecule has 0 aromatic heterocycles. The Morgan fingerprint density at radius 3 is 2.72 bits per heavy atom. The fourth-order valence-electron chi connectivity index (χ4n) is 1.86. The van der Waals surface area contributed by atoms with E-state index in [4.69, 9.17) is 5.26 Å². The van der Waals surface area contributed by atoms with Gasteiger partial charge in [-0.25, -0.2) is 0 Å². The number of carbonyl (C=O) groups excluding carboxylic acids is 1. The van der Waals surface area contributed by atoms with E-state index in [2.05, 4.69) is 6.07 Å². The molecule has 0 aliphatic heterocycles. The lowest BCUT2D eigenvalue weighted by atomic mass is 10.2. The zero-order valence-corrected chi connectivity index (χ0v) is 10.2. The van der Waals surface area contributed by atoms with Gasteiger partial charge in [0.25, 0.3) is 0 Å². The molecule has 0 heterocycles. The summed E-state index contributed by atoms with van der Waals surface area (Å²) in [5, 5.41) is 8.60. The first-order valence-corrected chi connectivity index (χ1v) is 6.22. The average molecular weight is 240 g/mol. The summed E-state index contributed by atoms with van der Waals surface area (Å²) in [6.45, 7) is 0.541. The van der Waals surface area contributed by atoms with Crippen LogP contribution in [-0.4, -0.2) is 23.4 Å². The Labute approximate surface area is 107 Å². The largest absolute Gasteiger partial charge is 0.335 e. The van der Waals surface area contributed by atoms with Crippen molar-refractivity contribution >= 4 is 12.0 Å². The van der Waals surface area contributed by atoms with Crippen LogP contribution >= 0.6 is 0 Å². The van der Waals surface area contributed by atoms with Gasteiger partial charge in [-0.1, -0.05) is 30.3 Å². The number of nitriles is 1. The molecular formula is C15H16N2O. The standard InChI is InChI=1S/C15H16N2O/c16-11-4-12-17(14-8-9-14)15(18)10-7-13-5-2-1-3-6-13/h1-3,5-7,10,14H,4,8-9,12H2. The number of nitrogens with zero attached hydrogens (tertiary/aromatic N) is 2. The van der Waals surface area contributed by atoms with Gasteiger partial charge in [0, 0.05) is 18.7 Å². The molecule has 1 saturated carbocycles. The van der Waals surface area contributed by atoms with E-state index in [-0.39, 0.29) is 5.91 Å². The summed E-state index contributed by atoms with van der Waals surface area (Å²) in [6, 6.07) is 12.2. The molecule has 92 valence electrons.